The van der Waals surface area contributed by atoms with Gasteiger partial charge in [0.05, 0.1) is 5.92 Å². The average molecular weight is 292 g/mol. The van der Waals surface area contributed by atoms with Gasteiger partial charge in [-0.2, -0.15) is 11.8 Å². The first-order valence-electron chi connectivity index (χ1n) is 7.38. The lowest BCUT2D eigenvalue weighted by Gasteiger charge is -2.24. The highest BCUT2D eigenvalue weighted by Crippen LogP contribution is 2.24. The van der Waals surface area contributed by atoms with Crippen LogP contribution in [0.1, 0.15) is 37.8 Å². The number of amides is 1. The fourth-order valence-electron chi connectivity index (χ4n) is 2.47. The third-order valence-electron chi connectivity index (χ3n) is 3.91. The summed E-state index contributed by atoms with van der Waals surface area (Å²) >= 11 is 1.98. The maximum Gasteiger partial charge on any atom is 0.224 e. The van der Waals surface area contributed by atoms with Gasteiger partial charge in [0.25, 0.3) is 0 Å². The standard InChI is InChI=1S/C16H24N2OS/c1-12(15(17)13-7-3-2-4-8-13)16(19)18-11-14-9-5-6-10-20-14/h2-4,7-8,12,14-15H,5-6,9-11,17H2,1H3,(H,18,19). The van der Waals surface area contributed by atoms with E-state index in [2.05, 4.69) is 5.32 Å². The molecule has 0 radical (unpaired) electrons. The number of hydrogen-bond donors (Lipinski definition) is 2. The number of benzene rings is 1. The van der Waals surface area contributed by atoms with Gasteiger partial charge in [0.1, 0.15) is 0 Å². The van der Waals surface area contributed by atoms with Gasteiger partial charge in [-0.15, -0.1) is 0 Å². The van der Waals surface area contributed by atoms with Crippen LogP contribution in [0.15, 0.2) is 30.3 Å². The van der Waals surface area contributed by atoms with E-state index >= 15 is 0 Å². The summed E-state index contributed by atoms with van der Waals surface area (Å²) in [6.07, 6.45) is 3.81. The van der Waals surface area contributed by atoms with Gasteiger partial charge in [0.2, 0.25) is 5.91 Å². The first-order valence-corrected chi connectivity index (χ1v) is 8.43. The summed E-state index contributed by atoms with van der Waals surface area (Å²) in [6, 6.07) is 9.59. The van der Waals surface area contributed by atoms with Gasteiger partial charge in [-0.05, 0) is 24.2 Å². The van der Waals surface area contributed by atoms with E-state index in [0.29, 0.717) is 5.25 Å². The summed E-state index contributed by atoms with van der Waals surface area (Å²) in [5.74, 6) is 1.08. The Morgan fingerprint density at radius 2 is 2.15 bits per heavy atom. The molecule has 0 spiro atoms. The zero-order chi connectivity index (χ0) is 14.4. The van der Waals surface area contributed by atoms with Crippen molar-refractivity contribution in [3.8, 4) is 0 Å². The Bertz CT molecular complexity index is 418. The highest BCUT2D eigenvalue weighted by molar-refractivity contribution is 7.99. The number of thioether (sulfide) groups is 1. The molecule has 1 fully saturated rings. The van der Waals surface area contributed by atoms with Crippen LogP contribution in [0.4, 0.5) is 0 Å². The first kappa shape index (κ1) is 15.4. The van der Waals surface area contributed by atoms with Crippen LogP contribution in [-0.4, -0.2) is 23.5 Å². The van der Waals surface area contributed by atoms with Crippen LogP contribution in [0.5, 0.6) is 0 Å². The number of hydrogen-bond acceptors (Lipinski definition) is 3. The van der Waals surface area contributed by atoms with Gasteiger partial charge in [-0.1, -0.05) is 43.7 Å². The maximum atomic E-state index is 12.2. The molecule has 1 heterocycles. The van der Waals surface area contributed by atoms with E-state index < -0.39 is 0 Å². The molecule has 4 heteroatoms. The Morgan fingerprint density at radius 3 is 2.80 bits per heavy atom. The Hall–Kier alpha value is -1.00. The minimum Gasteiger partial charge on any atom is -0.355 e. The lowest BCUT2D eigenvalue weighted by molar-refractivity contribution is -0.125. The number of carbonyl (C=O) groups is 1. The first-order chi connectivity index (χ1) is 9.68. The quantitative estimate of drug-likeness (QED) is 0.877. The van der Waals surface area contributed by atoms with E-state index in [9.17, 15) is 4.79 Å². The number of rotatable bonds is 5. The predicted molar refractivity (Wildman–Crippen MR) is 85.6 cm³/mol. The monoisotopic (exact) mass is 292 g/mol. The zero-order valence-electron chi connectivity index (χ0n) is 12.0. The van der Waals surface area contributed by atoms with Crippen LogP contribution in [0.25, 0.3) is 0 Å². The maximum absolute atomic E-state index is 12.2. The lowest BCUT2D eigenvalue weighted by Crippen LogP contribution is -2.39. The molecule has 2 rings (SSSR count). The van der Waals surface area contributed by atoms with Crippen LogP contribution in [0.2, 0.25) is 0 Å². The second-order valence-corrected chi connectivity index (χ2v) is 6.87. The molecule has 1 aliphatic rings. The topological polar surface area (TPSA) is 55.1 Å². The fourth-order valence-corrected chi connectivity index (χ4v) is 3.71. The van der Waals surface area contributed by atoms with Crippen molar-refractivity contribution in [3.05, 3.63) is 35.9 Å². The molecule has 0 bridgehead atoms. The Morgan fingerprint density at radius 1 is 1.40 bits per heavy atom. The number of nitrogens with two attached hydrogens (primary N) is 1. The summed E-state index contributed by atoms with van der Waals surface area (Å²) < 4.78 is 0. The SMILES string of the molecule is CC(C(=O)NCC1CCCCS1)C(N)c1ccccc1. The van der Waals surface area contributed by atoms with Crippen molar-refractivity contribution < 1.29 is 4.79 Å². The van der Waals surface area contributed by atoms with Crippen LogP contribution in [0.3, 0.4) is 0 Å². The van der Waals surface area contributed by atoms with Gasteiger partial charge >= 0.3 is 0 Å². The molecule has 1 aromatic carbocycles. The molecule has 1 aliphatic heterocycles. The molecular weight excluding hydrogens is 268 g/mol. The lowest BCUT2D eigenvalue weighted by atomic mass is 9.94. The van der Waals surface area contributed by atoms with Crippen LogP contribution >= 0.6 is 11.8 Å². The average Bonchev–Trinajstić information content (AvgIpc) is 2.53. The Labute approximate surface area is 125 Å². The molecule has 0 aromatic heterocycles. The minimum absolute atomic E-state index is 0.0625. The molecule has 20 heavy (non-hydrogen) atoms. The zero-order valence-corrected chi connectivity index (χ0v) is 12.9. The molecule has 3 atom stereocenters. The summed E-state index contributed by atoms with van der Waals surface area (Å²) in [7, 11) is 0. The fraction of sp³-hybridized carbons (Fsp3) is 0.562. The van der Waals surface area contributed by atoms with Crippen molar-refractivity contribution in [1.82, 2.24) is 5.32 Å². The second-order valence-electron chi connectivity index (χ2n) is 5.46. The van der Waals surface area contributed by atoms with Crippen LogP contribution in [0, 0.1) is 5.92 Å². The molecule has 1 amide bonds. The highest BCUT2D eigenvalue weighted by atomic mass is 32.2. The molecule has 110 valence electrons. The van der Waals surface area contributed by atoms with Gasteiger partial charge in [0, 0.05) is 17.8 Å². The predicted octanol–water partition coefficient (Wildman–Crippen LogP) is 2.72. The van der Waals surface area contributed by atoms with Crippen LogP contribution < -0.4 is 11.1 Å². The van der Waals surface area contributed by atoms with E-state index in [1.807, 2.05) is 49.0 Å². The van der Waals surface area contributed by atoms with Crippen molar-refractivity contribution in [1.29, 1.82) is 0 Å². The normalized spacial score (nSPS) is 22.0. The van der Waals surface area contributed by atoms with Crippen molar-refractivity contribution >= 4 is 17.7 Å². The van der Waals surface area contributed by atoms with Gasteiger partial charge in [-0.25, -0.2) is 0 Å². The molecular formula is C16H24N2OS. The molecule has 1 aromatic rings. The van der Waals surface area contributed by atoms with E-state index in [4.69, 9.17) is 5.73 Å². The third kappa shape index (κ3) is 4.25. The van der Waals surface area contributed by atoms with Crippen molar-refractivity contribution in [2.75, 3.05) is 12.3 Å². The van der Waals surface area contributed by atoms with E-state index in [1.54, 1.807) is 0 Å². The second kappa shape index (κ2) is 7.70. The number of nitrogens with one attached hydrogen (secondary N) is 1. The summed E-state index contributed by atoms with van der Waals surface area (Å²) in [6.45, 7) is 2.68. The van der Waals surface area contributed by atoms with Crippen molar-refractivity contribution in [2.24, 2.45) is 11.7 Å². The molecule has 3 unspecified atom stereocenters. The summed E-state index contributed by atoms with van der Waals surface area (Å²) in [5.41, 5.74) is 7.20. The van der Waals surface area contributed by atoms with Gasteiger partial charge in [0.15, 0.2) is 0 Å². The summed E-state index contributed by atoms with van der Waals surface area (Å²) in [5, 5.41) is 3.64. The van der Waals surface area contributed by atoms with Crippen molar-refractivity contribution in [3.63, 3.8) is 0 Å². The van der Waals surface area contributed by atoms with E-state index in [1.165, 1.54) is 25.0 Å². The molecule has 0 aliphatic carbocycles. The molecule has 3 N–H and O–H groups in total. The Balaban J connectivity index is 1.82. The largest absolute Gasteiger partial charge is 0.355 e. The smallest absolute Gasteiger partial charge is 0.224 e. The van der Waals surface area contributed by atoms with E-state index in [-0.39, 0.29) is 17.9 Å². The minimum atomic E-state index is -0.241. The molecule has 0 saturated carbocycles. The molecule has 3 nitrogen and oxygen atoms in total. The Kier molecular flexibility index (Phi) is 5.92. The van der Waals surface area contributed by atoms with Gasteiger partial charge in [-0.3, -0.25) is 4.79 Å². The van der Waals surface area contributed by atoms with Crippen molar-refractivity contribution in [2.45, 2.75) is 37.5 Å². The summed E-state index contributed by atoms with van der Waals surface area (Å²) in [4.78, 5) is 12.2. The van der Waals surface area contributed by atoms with E-state index in [0.717, 1.165) is 12.1 Å². The molecule has 1 saturated heterocycles. The van der Waals surface area contributed by atoms with Gasteiger partial charge < -0.3 is 11.1 Å². The number of carbonyl (C=O) groups excluding carboxylic acids is 1. The highest BCUT2D eigenvalue weighted by Gasteiger charge is 2.23. The third-order valence-corrected chi connectivity index (χ3v) is 5.31. The van der Waals surface area contributed by atoms with Crippen LogP contribution in [-0.2, 0) is 4.79 Å².